The van der Waals surface area contributed by atoms with E-state index >= 15 is 0 Å². The molecule has 6 nitrogen and oxygen atoms in total. The van der Waals surface area contributed by atoms with Crippen LogP contribution in [-0.4, -0.2) is 19.5 Å². The van der Waals surface area contributed by atoms with Gasteiger partial charge in [0, 0.05) is 19.2 Å². The molecule has 1 N–H and O–H groups in total. The summed E-state index contributed by atoms with van der Waals surface area (Å²) < 4.78 is 33.8. The number of nitrogens with zero attached hydrogens (tertiary/aromatic N) is 1. The second-order valence-corrected chi connectivity index (χ2v) is 8.57. The number of hydrogen-bond donors (Lipinski definition) is 1. The van der Waals surface area contributed by atoms with E-state index in [2.05, 4.69) is 25.5 Å². The number of sulfonamides is 1. The largest absolute Gasteiger partial charge is 0.419 e. The lowest BCUT2D eigenvalue weighted by atomic mass is 9.91. The van der Waals surface area contributed by atoms with Gasteiger partial charge < -0.3 is 4.42 Å². The molecule has 0 aliphatic carbocycles. The van der Waals surface area contributed by atoms with Crippen LogP contribution in [0.4, 0.5) is 0 Å². The summed E-state index contributed by atoms with van der Waals surface area (Å²) in [6.07, 6.45) is 1.70. The lowest BCUT2D eigenvalue weighted by molar-refractivity contribution is 0.365. The normalized spacial score (nSPS) is 12.9. The first-order chi connectivity index (χ1) is 10.6. The molecule has 23 heavy (non-hydrogen) atoms. The van der Waals surface area contributed by atoms with Crippen molar-refractivity contribution in [3.8, 4) is 0 Å². The van der Waals surface area contributed by atoms with E-state index in [4.69, 9.17) is 4.42 Å². The summed E-state index contributed by atoms with van der Waals surface area (Å²) in [5.41, 5.74) is 1.06. The van der Waals surface area contributed by atoms with Crippen LogP contribution in [0.1, 0.15) is 40.5 Å². The third kappa shape index (κ3) is 4.23. The Morgan fingerprint density at radius 1 is 1.26 bits per heavy atom. The topological polar surface area (TPSA) is 81.3 Å². The molecule has 0 saturated heterocycles. The molecule has 7 heteroatoms. The van der Waals surface area contributed by atoms with Gasteiger partial charge in [-0.1, -0.05) is 20.8 Å². The van der Waals surface area contributed by atoms with Crippen molar-refractivity contribution >= 4 is 21.1 Å². The Morgan fingerprint density at radius 2 is 1.96 bits per heavy atom. The first-order valence-electron chi connectivity index (χ1n) is 7.77. The molecule has 0 aliphatic heterocycles. The van der Waals surface area contributed by atoms with E-state index in [0.717, 1.165) is 12.8 Å². The van der Waals surface area contributed by atoms with Crippen LogP contribution in [0.25, 0.3) is 11.1 Å². The molecule has 0 saturated carbocycles. The van der Waals surface area contributed by atoms with E-state index in [1.807, 2.05) is 6.92 Å². The van der Waals surface area contributed by atoms with Gasteiger partial charge in [0.15, 0.2) is 5.58 Å². The highest BCUT2D eigenvalue weighted by molar-refractivity contribution is 7.89. The van der Waals surface area contributed by atoms with Gasteiger partial charge in [-0.3, -0.25) is 4.57 Å². The Labute approximate surface area is 136 Å². The quantitative estimate of drug-likeness (QED) is 0.820. The second-order valence-electron chi connectivity index (χ2n) is 6.80. The van der Waals surface area contributed by atoms with E-state index in [1.165, 1.54) is 16.7 Å². The summed E-state index contributed by atoms with van der Waals surface area (Å²) in [6, 6.07) is 4.50. The highest BCUT2D eigenvalue weighted by Crippen LogP contribution is 2.21. The summed E-state index contributed by atoms with van der Waals surface area (Å²) in [5, 5.41) is 0. The van der Waals surface area contributed by atoms with Crippen molar-refractivity contribution in [1.82, 2.24) is 9.29 Å². The van der Waals surface area contributed by atoms with E-state index in [9.17, 15) is 13.2 Å². The number of fused-ring (bicyclic) bond motifs is 1. The molecule has 0 fully saturated rings. The predicted molar refractivity (Wildman–Crippen MR) is 90.0 cm³/mol. The van der Waals surface area contributed by atoms with E-state index in [1.54, 1.807) is 6.07 Å². The van der Waals surface area contributed by atoms with Gasteiger partial charge in [0.25, 0.3) is 0 Å². The maximum atomic E-state index is 12.3. The summed E-state index contributed by atoms with van der Waals surface area (Å²) in [6.45, 7) is 9.06. The van der Waals surface area contributed by atoms with Crippen molar-refractivity contribution in [2.24, 2.45) is 5.41 Å². The summed E-state index contributed by atoms with van der Waals surface area (Å²) in [5.74, 6) is -0.477. The van der Waals surface area contributed by atoms with Crippen molar-refractivity contribution in [3.63, 3.8) is 0 Å². The van der Waals surface area contributed by atoms with Crippen LogP contribution in [0, 0.1) is 5.41 Å². The number of nitrogens with one attached hydrogen (secondary N) is 1. The first-order valence-corrected chi connectivity index (χ1v) is 9.25. The molecule has 1 heterocycles. The van der Waals surface area contributed by atoms with Gasteiger partial charge in [-0.05, 0) is 37.3 Å². The zero-order chi connectivity index (χ0) is 17.3. The zero-order valence-electron chi connectivity index (χ0n) is 14.0. The molecular formula is C16H24N2O4S. The van der Waals surface area contributed by atoms with Crippen LogP contribution in [0.15, 0.2) is 32.3 Å². The molecule has 0 atom stereocenters. The molecular weight excluding hydrogens is 316 g/mol. The molecule has 0 bridgehead atoms. The third-order valence-corrected chi connectivity index (χ3v) is 5.12. The van der Waals surface area contributed by atoms with Crippen LogP contribution < -0.4 is 10.5 Å². The number of rotatable bonds is 6. The second kappa shape index (κ2) is 6.49. The SMILES string of the molecule is CCn1c(=O)oc2cc(S(=O)(=O)NCCCC(C)(C)C)ccc21. The standard InChI is InChI=1S/C16H24N2O4S/c1-5-18-13-8-7-12(11-14(13)22-15(18)19)23(20,21)17-10-6-9-16(2,3)4/h7-8,11,17H,5-6,9-10H2,1-4H3. The monoisotopic (exact) mass is 340 g/mol. The van der Waals surface area contributed by atoms with Crippen molar-refractivity contribution in [2.75, 3.05) is 6.54 Å². The minimum Gasteiger partial charge on any atom is -0.408 e. The van der Waals surface area contributed by atoms with Crippen molar-refractivity contribution in [1.29, 1.82) is 0 Å². The van der Waals surface area contributed by atoms with Gasteiger partial charge in [0.1, 0.15) is 0 Å². The van der Waals surface area contributed by atoms with Crippen LogP contribution in [0.3, 0.4) is 0 Å². The molecule has 0 aliphatic rings. The smallest absolute Gasteiger partial charge is 0.408 e. The van der Waals surface area contributed by atoms with Gasteiger partial charge in [-0.2, -0.15) is 0 Å². The maximum Gasteiger partial charge on any atom is 0.419 e. The van der Waals surface area contributed by atoms with Gasteiger partial charge in [0.05, 0.1) is 10.4 Å². The number of aryl methyl sites for hydroxylation is 1. The molecule has 0 unspecified atom stereocenters. The van der Waals surface area contributed by atoms with E-state index < -0.39 is 15.8 Å². The molecule has 128 valence electrons. The number of hydrogen-bond acceptors (Lipinski definition) is 4. The minimum atomic E-state index is -3.60. The van der Waals surface area contributed by atoms with Crippen molar-refractivity contribution in [2.45, 2.75) is 52.0 Å². The molecule has 1 aromatic carbocycles. The fourth-order valence-corrected chi connectivity index (χ4v) is 3.51. The lowest BCUT2D eigenvalue weighted by Gasteiger charge is -2.17. The fraction of sp³-hybridized carbons (Fsp3) is 0.562. The summed E-state index contributed by atoms with van der Waals surface area (Å²) in [4.78, 5) is 11.8. The summed E-state index contributed by atoms with van der Waals surface area (Å²) in [7, 11) is -3.60. The van der Waals surface area contributed by atoms with Crippen LogP contribution >= 0.6 is 0 Å². The first kappa shape index (κ1) is 17.7. The van der Waals surface area contributed by atoms with Crippen molar-refractivity contribution in [3.05, 3.63) is 28.7 Å². The number of benzene rings is 1. The van der Waals surface area contributed by atoms with Crippen LogP contribution in [-0.2, 0) is 16.6 Å². The molecule has 0 amide bonds. The van der Waals surface area contributed by atoms with Gasteiger partial charge in [-0.25, -0.2) is 17.9 Å². The fourth-order valence-electron chi connectivity index (χ4n) is 2.42. The predicted octanol–water partition coefficient (Wildman–Crippen LogP) is 2.72. The Morgan fingerprint density at radius 3 is 2.57 bits per heavy atom. The molecule has 1 aromatic heterocycles. The molecule has 2 aromatic rings. The minimum absolute atomic E-state index is 0.109. The Kier molecular flexibility index (Phi) is 5.01. The Bertz CT molecular complexity index is 841. The van der Waals surface area contributed by atoms with Gasteiger partial charge in [-0.15, -0.1) is 0 Å². The zero-order valence-corrected chi connectivity index (χ0v) is 14.9. The van der Waals surface area contributed by atoms with Crippen LogP contribution in [0.2, 0.25) is 0 Å². The summed E-state index contributed by atoms with van der Waals surface area (Å²) >= 11 is 0. The van der Waals surface area contributed by atoms with Gasteiger partial charge >= 0.3 is 5.76 Å². The molecule has 0 radical (unpaired) electrons. The van der Waals surface area contributed by atoms with E-state index in [0.29, 0.717) is 18.6 Å². The number of aromatic nitrogens is 1. The average molecular weight is 340 g/mol. The highest BCUT2D eigenvalue weighted by atomic mass is 32.2. The van der Waals surface area contributed by atoms with Gasteiger partial charge in [0.2, 0.25) is 10.0 Å². The maximum absolute atomic E-state index is 12.3. The average Bonchev–Trinajstić information content (AvgIpc) is 2.76. The molecule has 0 spiro atoms. The van der Waals surface area contributed by atoms with Crippen molar-refractivity contribution < 1.29 is 12.8 Å². The Hall–Kier alpha value is -1.60. The lowest BCUT2D eigenvalue weighted by Crippen LogP contribution is -2.25. The third-order valence-electron chi connectivity index (χ3n) is 3.66. The Balaban J connectivity index is 2.17. The van der Waals surface area contributed by atoms with E-state index in [-0.39, 0.29) is 15.9 Å². The van der Waals surface area contributed by atoms with Crippen LogP contribution in [0.5, 0.6) is 0 Å². The highest BCUT2D eigenvalue weighted by Gasteiger charge is 2.17. The molecule has 2 rings (SSSR count). The number of oxazole rings is 1.